The number of hydrogen-bond donors (Lipinski definition) is 5. The molecule has 0 fully saturated rings. The summed E-state index contributed by atoms with van der Waals surface area (Å²) in [6.45, 7) is 0.0622. The van der Waals surface area contributed by atoms with Gasteiger partial charge in [-0.2, -0.15) is 0 Å². The second kappa shape index (κ2) is 7.28. The molecule has 0 radical (unpaired) electrons. The lowest BCUT2D eigenvalue weighted by atomic mass is 10.1. The Morgan fingerprint density at radius 3 is 2.65 bits per heavy atom. The fourth-order valence-electron chi connectivity index (χ4n) is 1.33. The number of carboxylic acids is 1. The van der Waals surface area contributed by atoms with Crippen molar-refractivity contribution in [1.29, 1.82) is 0 Å². The first kappa shape index (κ1) is 15.7. The van der Waals surface area contributed by atoms with Crippen LogP contribution in [-0.2, 0) is 16.1 Å². The van der Waals surface area contributed by atoms with Crippen LogP contribution in [0.25, 0.3) is 0 Å². The lowest BCUT2D eigenvalue weighted by Crippen LogP contribution is -2.46. The molecule has 0 aliphatic carbocycles. The Hall–Kier alpha value is -2.36. The highest BCUT2D eigenvalue weighted by atomic mass is 32.1. The Balaban J connectivity index is 2.43. The third-order valence-corrected chi connectivity index (χ3v) is 3.01. The van der Waals surface area contributed by atoms with Crippen LogP contribution in [-0.4, -0.2) is 34.0 Å². The van der Waals surface area contributed by atoms with E-state index in [-0.39, 0.29) is 24.3 Å². The first-order valence-electron chi connectivity index (χ1n) is 5.60. The van der Waals surface area contributed by atoms with Crippen LogP contribution in [0.4, 0.5) is 4.79 Å². The lowest BCUT2D eigenvalue weighted by Gasteiger charge is -2.14. The summed E-state index contributed by atoms with van der Waals surface area (Å²) in [6, 6.07) is -1.92. The zero-order chi connectivity index (χ0) is 15.1. The highest BCUT2D eigenvalue weighted by molar-refractivity contribution is 7.07. The molecular weight excluding hydrogens is 288 g/mol. The molecule has 3 amide bonds. The number of hydrogen-bond acceptors (Lipinski definition) is 5. The molecule has 1 rings (SSSR count). The minimum atomic E-state index is -1.26. The van der Waals surface area contributed by atoms with Gasteiger partial charge in [0, 0.05) is 17.5 Å². The van der Waals surface area contributed by atoms with Crippen LogP contribution in [0.1, 0.15) is 18.5 Å². The topological polar surface area (TPSA) is 154 Å². The molecule has 1 aromatic heterocycles. The number of aromatic amines is 1. The molecule has 0 aliphatic rings. The predicted molar refractivity (Wildman–Crippen MR) is 70.2 cm³/mol. The van der Waals surface area contributed by atoms with Crippen molar-refractivity contribution in [3.63, 3.8) is 0 Å². The van der Waals surface area contributed by atoms with Crippen LogP contribution in [0, 0.1) is 0 Å². The fourth-order valence-corrected chi connectivity index (χ4v) is 1.91. The van der Waals surface area contributed by atoms with Gasteiger partial charge in [-0.25, -0.2) is 9.59 Å². The molecule has 20 heavy (non-hydrogen) atoms. The number of carbonyl (C=O) groups excluding carboxylic acids is 2. The predicted octanol–water partition coefficient (Wildman–Crippen LogP) is -1.05. The number of primary amides is 1. The van der Waals surface area contributed by atoms with Gasteiger partial charge in [-0.1, -0.05) is 11.3 Å². The Morgan fingerprint density at radius 1 is 1.45 bits per heavy atom. The van der Waals surface area contributed by atoms with Crippen molar-refractivity contribution in [2.24, 2.45) is 5.73 Å². The quantitative estimate of drug-likeness (QED) is 0.435. The molecule has 9 nitrogen and oxygen atoms in total. The number of thiazole rings is 1. The van der Waals surface area contributed by atoms with E-state index in [0.29, 0.717) is 5.69 Å². The number of H-pyrrole nitrogens is 1. The molecule has 0 unspecified atom stereocenters. The maximum Gasteiger partial charge on any atom is 0.326 e. The Morgan fingerprint density at radius 2 is 2.15 bits per heavy atom. The molecular formula is C10H14N4O5S. The van der Waals surface area contributed by atoms with Crippen LogP contribution in [0.3, 0.4) is 0 Å². The van der Waals surface area contributed by atoms with E-state index in [9.17, 15) is 19.2 Å². The van der Waals surface area contributed by atoms with Gasteiger partial charge in [-0.3, -0.25) is 9.59 Å². The van der Waals surface area contributed by atoms with Gasteiger partial charge in [0.15, 0.2) is 0 Å². The molecule has 0 saturated carbocycles. The third-order valence-electron chi connectivity index (χ3n) is 2.29. The van der Waals surface area contributed by atoms with E-state index in [0.717, 1.165) is 11.3 Å². The second-order valence-corrected chi connectivity index (χ2v) is 4.74. The first-order chi connectivity index (χ1) is 9.38. The van der Waals surface area contributed by atoms with Crippen molar-refractivity contribution in [3.05, 3.63) is 20.7 Å². The SMILES string of the molecule is NC(=O)CC[C@@H](NC(=O)NCc1csc(=O)[nH]1)C(=O)O. The summed E-state index contributed by atoms with van der Waals surface area (Å²) in [5.74, 6) is -1.90. The number of aliphatic carboxylic acids is 1. The van der Waals surface area contributed by atoms with Gasteiger partial charge in [-0.05, 0) is 6.42 Å². The molecule has 0 aromatic carbocycles. The molecule has 1 heterocycles. The molecule has 1 aromatic rings. The van der Waals surface area contributed by atoms with Gasteiger partial charge >= 0.3 is 16.9 Å². The number of carboxylic acid groups (broad SMARTS) is 1. The number of aromatic nitrogens is 1. The van der Waals surface area contributed by atoms with Gasteiger partial charge in [0.2, 0.25) is 5.91 Å². The average Bonchev–Trinajstić information content (AvgIpc) is 2.77. The number of rotatable bonds is 7. The summed E-state index contributed by atoms with van der Waals surface area (Å²) in [7, 11) is 0. The normalized spacial score (nSPS) is 11.6. The molecule has 110 valence electrons. The highest BCUT2D eigenvalue weighted by Crippen LogP contribution is 1.98. The Bertz CT molecular complexity index is 552. The lowest BCUT2D eigenvalue weighted by molar-refractivity contribution is -0.139. The smallest absolute Gasteiger partial charge is 0.326 e. The molecule has 10 heteroatoms. The molecule has 1 atom stereocenters. The highest BCUT2D eigenvalue weighted by Gasteiger charge is 2.20. The Labute approximate surface area is 117 Å². The number of nitrogens with two attached hydrogens (primary N) is 1. The summed E-state index contributed by atoms with van der Waals surface area (Å²) in [4.78, 5) is 46.1. The first-order valence-corrected chi connectivity index (χ1v) is 6.48. The maximum absolute atomic E-state index is 11.5. The van der Waals surface area contributed by atoms with E-state index in [1.54, 1.807) is 5.38 Å². The summed E-state index contributed by atoms with van der Waals surface area (Å²) in [5.41, 5.74) is 5.43. The van der Waals surface area contributed by atoms with Crippen LogP contribution in [0.5, 0.6) is 0 Å². The molecule has 6 N–H and O–H groups in total. The number of amides is 3. The van der Waals surface area contributed by atoms with Gasteiger partial charge in [0.05, 0.1) is 6.54 Å². The number of urea groups is 1. The standard InChI is InChI=1S/C10H14N4O5S/c11-7(15)2-1-6(8(16)17)14-9(18)12-3-5-4-20-10(19)13-5/h4,6H,1-3H2,(H2,11,15)(H,13,19)(H,16,17)(H2,12,14,18)/t6-/m1/s1. The zero-order valence-electron chi connectivity index (χ0n) is 10.3. The monoisotopic (exact) mass is 302 g/mol. The fraction of sp³-hybridized carbons (Fsp3) is 0.400. The van der Waals surface area contributed by atoms with Crippen molar-refractivity contribution in [3.8, 4) is 0 Å². The summed E-state index contributed by atoms with van der Waals surface area (Å²) in [6.07, 6.45) is -0.234. The van der Waals surface area contributed by atoms with Crippen LogP contribution < -0.4 is 21.2 Å². The molecule has 0 bridgehead atoms. The van der Waals surface area contributed by atoms with E-state index in [4.69, 9.17) is 10.8 Å². The van der Waals surface area contributed by atoms with E-state index in [1.165, 1.54) is 0 Å². The van der Waals surface area contributed by atoms with E-state index in [1.807, 2.05) is 0 Å². The van der Waals surface area contributed by atoms with Gasteiger partial charge in [0.25, 0.3) is 0 Å². The number of nitrogens with one attached hydrogen (secondary N) is 3. The van der Waals surface area contributed by atoms with Gasteiger partial charge in [-0.15, -0.1) is 0 Å². The molecule has 0 spiro atoms. The van der Waals surface area contributed by atoms with Crippen LogP contribution in [0.2, 0.25) is 0 Å². The van der Waals surface area contributed by atoms with Crippen molar-refractivity contribution in [1.82, 2.24) is 15.6 Å². The van der Waals surface area contributed by atoms with Gasteiger partial charge in [0.1, 0.15) is 6.04 Å². The Kier molecular flexibility index (Phi) is 5.72. The van der Waals surface area contributed by atoms with Crippen LogP contribution in [0.15, 0.2) is 10.2 Å². The van der Waals surface area contributed by atoms with Crippen molar-refractivity contribution in [2.75, 3.05) is 0 Å². The number of carbonyl (C=O) groups is 3. The molecule has 0 saturated heterocycles. The minimum Gasteiger partial charge on any atom is -0.480 e. The van der Waals surface area contributed by atoms with Gasteiger partial charge < -0.3 is 26.5 Å². The largest absolute Gasteiger partial charge is 0.480 e. The van der Waals surface area contributed by atoms with Crippen molar-refractivity contribution >= 4 is 29.2 Å². The minimum absolute atomic E-state index is 0.0622. The summed E-state index contributed by atoms with van der Waals surface area (Å²) < 4.78 is 0. The van der Waals surface area contributed by atoms with Crippen molar-refractivity contribution < 1.29 is 19.5 Å². The summed E-state index contributed by atoms with van der Waals surface area (Å²) >= 11 is 0.958. The zero-order valence-corrected chi connectivity index (χ0v) is 11.2. The van der Waals surface area contributed by atoms with E-state index in [2.05, 4.69) is 15.6 Å². The second-order valence-electron chi connectivity index (χ2n) is 3.90. The van der Waals surface area contributed by atoms with E-state index < -0.39 is 23.9 Å². The van der Waals surface area contributed by atoms with E-state index >= 15 is 0 Å². The van der Waals surface area contributed by atoms with Crippen LogP contribution >= 0.6 is 11.3 Å². The third kappa shape index (κ3) is 5.52. The summed E-state index contributed by atoms with van der Waals surface area (Å²) in [5, 5.41) is 15.0. The molecule has 0 aliphatic heterocycles. The van der Waals surface area contributed by atoms with Crippen molar-refractivity contribution in [2.45, 2.75) is 25.4 Å². The average molecular weight is 302 g/mol. The maximum atomic E-state index is 11.5.